The van der Waals surface area contributed by atoms with E-state index in [1.165, 1.54) is 6.20 Å². The standard InChI is InChI=1S/C12H10Cl2N4O/c13-8-4-1-5-9(10(8)14)17-12(19)7-3-2-6-16-11(7)18-15/h1-6H,15H2,(H,16,18)(H,17,19). The van der Waals surface area contributed by atoms with Crippen LogP contribution in [0, 0.1) is 0 Å². The molecule has 1 amide bonds. The molecule has 0 saturated carbocycles. The van der Waals surface area contributed by atoms with E-state index >= 15 is 0 Å². The highest BCUT2D eigenvalue weighted by Gasteiger charge is 2.13. The fourth-order valence-corrected chi connectivity index (χ4v) is 1.84. The van der Waals surface area contributed by atoms with Crippen LogP contribution in [-0.2, 0) is 0 Å². The number of nitrogens with two attached hydrogens (primary N) is 1. The molecule has 1 aromatic heterocycles. The van der Waals surface area contributed by atoms with Crippen LogP contribution in [0.2, 0.25) is 10.0 Å². The van der Waals surface area contributed by atoms with Crippen LogP contribution in [-0.4, -0.2) is 10.9 Å². The molecular formula is C12H10Cl2N4O. The van der Waals surface area contributed by atoms with E-state index in [9.17, 15) is 4.79 Å². The molecule has 0 unspecified atom stereocenters. The number of anilines is 2. The van der Waals surface area contributed by atoms with Gasteiger partial charge in [0.1, 0.15) is 0 Å². The molecule has 1 aromatic carbocycles. The van der Waals surface area contributed by atoms with E-state index in [1.54, 1.807) is 30.3 Å². The number of halogens is 2. The van der Waals surface area contributed by atoms with Crippen molar-refractivity contribution in [1.82, 2.24) is 4.98 Å². The van der Waals surface area contributed by atoms with Crippen molar-refractivity contribution in [3.8, 4) is 0 Å². The van der Waals surface area contributed by atoms with E-state index in [2.05, 4.69) is 15.7 Å². The Morgan fingerprint density at radius 2 is 2.00 bits per heavy atom. The van der Waals surface area contributed by atoms with Crippen LogP contribution in [0.5, 0.6) is 0 Å². The SMILES string of the molecule is NNc1ncccc1C(=O)Nc1cccc(Cl)c1Cl. The van der Waals surface area contributed by atoms with Gasteiger partial charge in [0.05, 0.1) is 21.3 Å². The van der Waals surface area contributed by atoms with E-state index in [0.717, 1.165) is 0 Å². The van der Waals surface area contributed by atoms with Gasteiger partial charge in [-0.2, -0.15) is 0 Å². The van der Waals surface area contributed by atoms with Gasteiger partial charge in [0, 0.05) is 6.20 Å². The average molecular weight is 297 g/mol. The molecule has 7 heteroatoms. The molecule has 2 aromatic rings. The van der Waals surface area contributed by atoms with Crippen molar-refractivity contribution in [3.63, 3.8) is 0 Å². The van der Waals surface area contributed by atoms with E-state index in [-0.39, 0.29) is 16.7 Å². The van der Waals surface area contributed by atoms with Gasteiger partial charge in [-0.1, -0.05) is 29.3 Å². The van der Waals surface area contributed by atoms with Gasteiger partial charge in [0.25, 0.3) is 5.91 Å². The Kier molecular flexibility index (Phi) is 4.21. The minimum absolute atomic E-state index is 0.276. The molecule has 0 atom stereocenters. The summed E-state index contributed by atoms with van der Waals surface area (Å²) in [6.45, 7) is 0. The number of nitrogens with zero attached hydrogens (tertiary/aromatic N) is 1. The number of pyridine rings is 1. The van der Waals surface area contributed by atoms with Crippen LogP contribution >= 0.6 is 23.2 Å². The zero-order valence-corrected chi connectivity index (χ0v) is 11.2. The molecule has 0 radical (unpaired) electrons. The number of nitrogens with one attached hydrogen (secondary N) is 2. The van der Waals surface area contributed by atoms with E-state index < -0.39 is 0 Å². The lowest BCUT2D eigenvalue weighted by molar-refractivity contribution is 0.102. The fraction of sp³-hybridized carbons (Fsp3) is 0. The average Bonchev–Trinajstić information content (AvgIpc) is 2.43. The van der Waals surface area contributed by atoms with Crippen LogP contribution in [0.25, 0.3) is 0 Å². The second-order valence-corrected chi connectivity index (χ2v) is 4.38. The highest BCUT2D eigenvalue weighted by Crippen LogP contribution is 2.30. The zero-order valence-electron chi connectivity index (χ0n) is 9.65. The van der Waals surface area contributed by atoms with Crippen LogP contribution < -0.4 is 16.6 Å². The summed E-state index contributed by atoms with van der Waals surface area (Å²) in [5.41, 5.74) is 3.09. The summed E-state index contributed by atoms with van der Waals surface area (Å²) in [4.78, 5) is 16.1. The molecule has 4 N–H and O–H groups in total. The maximum absolute atomic E-state index is 12.1. The van der Waals surface area contributed by atoms with Crippen molar-refractivity contribution in [2.75, 3.05) is 10.7 Å². The van der Waals surface area contributed by atoms with Gasteiger partial charge in [-0.25, -0.2) is 10.8 Å². The normalized spacial score (nSPS) is 10.1. The molecule has 0 saturated heterocycles. The number of aromatic nitrogens is 1. The Bertz CT molecular complexity index is 618. The number of carbonyl (C=O) groups is 1. The van der Waals surface area contributed by atoms with Gasteiger partial charge in [0.15, 0.2) is 5.82 Å². The maximum atomic E-state index is 12.1. The van der Waals surface area contributed by atoms with Gasteiger partial charge >= 0.3 is 0 Å². The Morgan fingerprint density at radius 3 is 2.74 bits per heavy atom. The van der Waals surface area contributed by atoms with Crippen molar-refractivity contribution >= 4 is 40.6 Å². The van der Waals surface area contributed by atoms with Crippen LogP contribution in [0.1, 0.15) is 10.4 Å². The topological polar surface area (TPSA) is 80.0 Å². The van der Waals surface area contributed by atoms with E-state index in [0.29, 0.717) is 16.3 Å². The quantitative estimate of drug-likeness (QED) is 0.601. The summed E-state index contributed by atoms with van der Waals surface area (Å²) in [6.07, 6.45) is 1.53. The Balaban J connectivity index is 2.28. The van der Waals surface area contributed by atoms with Crippen LogP contribution in [0.4, 0.5) is 11.5 Å². The molecule has 0 aliphatic carbocycles. The lowest BCUT2D eigenvalue weighted by Gasteiger charge is -2.10. The second kappa shape index (κ2) is 5.88. The highest BCUT2D eigenvalue weighted by molar-refractivity contribution is 6.44. The molecular weight excluding hydrogens is 287 g/mol. The van der Waals surface area contributed by atoms with Crippen LogP contribution in [0.15, 0.2) is 36.5 Å². The number of hydrogen-bond acceptors (Lipinski definition) is 4. The summed E-state index contributed by atoms with van der Waals surface area (Å²) in [5, 5.41) is 3.30. The number of hydrazine groups is 1. The zero-order chi connectivity index (χ0) is 13.8. The van der Waals surface area contributed by atoms with Gasteiger partial charge in [0.2, 0.25) is 0 Å². The van der Waals surface area contributed by atoms with Gasteiger partial charge in [-0.3, -0.25) is 4.79 Å². The smallest absolute Gasteiger partial charge is 0.259 e. The first-order chi connectivity index (χ1) is 9.13. The molecule has 0 aliphatic heterocycles. The van der Waals surface area contributed by atoms with Crippen molar-refractivity contribution in [2.45, 2.75) is 0 Å². The number of carbonyl (C=O) groups excluding carboxylic acids is 1. The molecule has 2 rings (SSSR count). The Labute approximate surface area is 119 Å². The van der Waals surface area contributed by atoms with E-state index in [1.807, 2.05) is 0 Å². The number of rotatable bonds is 3. The lowest BCUT2D eigenvalue weighted by Crippen LogP contribution is -2.18. The predicted molar refractivity (Wildman–Crippen MR) is 76.5 cm³/mol. The van der Waals surface area contributed by atoms with Gasteiger partial charge < -0.3 is 10.7 Å². The van der Waals surface area contributed by atoms with Crippen molar-refractivity contribution in [2.24, 2.45) is 5.84 Å². The molecule has 1 heterocycles. The second-order valence-electron chi connectivity index (χ2n) is 3.60. The Hall–Kier alpha value is -1.82. The maximum Gasteiger partial charge on any atom is 0.259 e. The molecule has 5 nitrogen and oxygen atoms in total. The summed E-state index contributed by atoms with van der Waals surface area (Å²) in [7, 11) is 0. The van der Waals surface area contributed by atoms with Gasteiger partial charge in [-0.15, -0.1) is 0 Å². The summed E-state index contributed by atoms with van der Waals surface area (Å²) in [5.74, 6) is 5.19. The third-order valence-electron chi connectivity index (χ3n) is 2.39. The van der Waals surface area contributed by atoms with Crippen molar-refractivity contribution in [1.29, 1.82) is 0 Å². The summed E-state index contributed by atoms with van der Waals surface area (Å²) >= 11 is 11.9. The number of nitrogen functional groups attached to an aromatic ring is 1. The summed E-state index contributed by atoms with van der Waals surface area (Å²) in [6, 6.07) is 8.20. The minimum atomic E-state index is -0.384. The van der Waals surface area contributed by atoms with Crippen molar-refractivity contribution < 1.29 is 4.79 Å². The first-order valence-corrected chi connectivity index (χ1v) is 6.06. The van der Waals surface area contributed by atoms with Crippen LogP contribution in [0.3, 0.4) is 0 Å². The molecule has 0 fully saturated rings. The predicted octanol–water partition coefficient (Wildman–Crippen LogP) is 2.93. The first kappa shape index (κ1) is 13.6. The number of hydrogen-bond donors (Lipinski definition) is 3. The number of benzene rings is 1. The molecule has 19 heavy (non-hydrogen) atoms. The lowest BCUT2D eigenvalue weighted by atomic mass is 10.2. The third kappa shape index (κ3) is 2.96. The summed E-state index contributed by atoms with van der Waals surface area (Å²) < 4.78 is 0. The molecule has 0 spiro atoms. The largest absolute Gasteiger partial charge is 0.320 e. The van der Waals surface area contributed by atoms with Crippen molar-refractivity contribution in [3.05, 3.63) is 52.1 Å². The molecule has 0 aliphatic rings. The molecule has 98 valence electrons. The van der Waals surface area contributed by atoms with E-state index in [4.69, 9.17) is 29.0 Å². The minimum Gasteiger partial charge on any atom is -0.320 e. The first-order valence-electron chi connectivity index (χ1n) is 5.30. The Morgan fingerprint density at radius 1 is 1.21 bits per heavy atom. The third-order valence-corrected chi connectivity index (χ3v) is 3.21. The highest BCUT2D eigenvalue weighted by atomic mass is 35.5. The van der Waals surface area contributed by atoms with Gasteiger partial charge in [-0.05, 0) is 24.3 Å². The molecule has 0 bridgehead atoms. The fourth-order valence-electron chi connectivity index (χ4n) is 1.49. The monoisotopic (exact) mass is 296 g/mol. The number of amides is 1.